The smallest absolute Gasteiger partial charge is 0.140 e. The van der Waals surface area contributed by atoms with Crippen LogP contribution in [0.15, 0.2) is 18.2 Å². The van der Waals surface area contributed by atoms with E-state index in [-0.39, 0.29) is 29.1 Å². The van der Waals surface area contributed by atoms with Crippen LogP contribution in [-0.4, -0.2) is 5.78 Å². The highest BCUT2D eigenvalue weighted by atomic mass is 19.1. The quantitative estimate of drug-likeness (QED) is 0.797. The molecule has 0 saturated heterocycles. The zero-order valence-corrected chi connectivity index (χ0v) is 10.8. The van der Waals surface area contributed by atoms with Gasteiger partial charge in [-0.3, -0.25) is 4.79 Å². The molecule has 1 saturated carbocycles. The third-order valence-corrected chi connectivity index (χ3v) is 4.02. The molecule has 1 aliphatic rings. The number of rotatable bonds is 3. The molecule has 0 N–H and O–H groups in total. The Bertz CT molecular complexity index is 466. The molecule has 0 spiro atoms. The molecule has 1 aromatic rings. The first-order valence-electron chi connectivity index (χ1n) is 6.37. The van der Waals surface area contributed by atoms with E-state index >= 15 is 0 Å². The summed E-state index contributed by atoms with van der Waals surface area (Å²) in [5, 5.41) is 0. The maximum atomic E-state index is 13.5. The van der Waals surface area contributed by atoms with Crippen molar-refractivity contribution in [1.29, 1.82) is 0 Å². The Morgan fingerprint density at radius 3 is 2.72 bits per heavy atom. The van der Waals surface area contributed by atoms with E-state index < -0.39 is 11.6 Å². The molecule has 98 valence electrons. The standard InChI is InChI=1S/C15H18F2O/c1-15(2)7-3-4-12(15)14(18)9-10-8-11(16)5-6-13(10)17/h5-6,8,12H,3-4,7,9H2,1-2H3. The van der Waals surface area contributed by atoms with E-state index in [1.807, 2.05) is 0 Å². The first-order valence-corrected chi connectivity index (χ1v) is 6.37. The molecule has 1 unspecified atom stereocenters. The van der Waals surface area contributed by atoms with Gasteiger partial charge in [0.2, 0.25) is 0 Å². The van der Waals surface area contributed by atoms with Crippen LogP contribution in [-0.2, 0) is 11.2 Å². The molecule has 0 aromatic heterocycles. The summed E-state index contributed by atoms with van der Waals surface area (Å²) in [6, 6.07) is 3.27. The Labute approximate surface area is 106 Å². The van der Waals surface area contributed by atoms with Gasteiger partial charge in [-0.05, 0) is 42.0 Å². The highest BCUT2D eigenvalue weighted by molar-refractivity contribution is 5.84. The molecule has 0 heterocycles. The third-order valence-electron chi connectivity index (χ3n) is 4.02. The lowest BCUT2D eigenvalue weighted by atomic mass is 9.78. The summed E-state index contributed by atoms with van der Waals surface area (Å²) in [7, 11) is 0. The van der Waals surface area contributed by atoms with Gasteiger partial charge in [0.1, 0.15) is 17.4 Å². The fraction of sp³-hybridized carbons (Fsp3) is 0.533. The van der Waals surface area contributed by atoms with Crippen LogP contribution in [0.3, 0.4) is 0 Å². The molecule has 0 amide bonds. The fourth-order valence-electron chi connectivity index (χ4n) is 2.91. The molecular weight excluding hydrogens is 234 g/mol. The van der Waals surface area contributed by atoms with Crippen molar-refractivity contribution < 1.29 is 13.6 Å². The van der Waals surface area contributed by atoms with Crippen LogP contribution in [0.5, 0.6) is 0 Å². The number of halogens is 2. The summed E-state index contributed by atoms with van der Waals surface area (Å²) >= 11 is 0. The SMILES string of the molecule is CC1(C)CCCC1C(=O)Cc1cc(F)ccc1F. The summed E-state index contributed by atoms with van der Waals surface area (Å²) < 4.78 is 26.5. The van der Waals surface area contributed by atoms with Crippen molar-refractivity contribution in [3.63, 3.8) is 0 Å². The number of Topliss-reactive ketones (excluding diaryl/α,β-unsaturated/α-hetero) is 1. The molecule has 1 aliphatic carbocycles. The van der Waals surface area contributed by atoms with Gasteiger partial charge in [0.25, 0.3) is 0 Å². The predicted octanol–water partition coefficient (Wildman–Crippen LogP) is 3.90. The summed E-state index contributed by atoms with van der Waals surface area (Å²) in [5.41, 5.74) is 0.156. The Balaban J connectivity index is 2.14. The third kappa shape index (κ3) is 2.60. The summed E-state index contributed by atoms with van der Waals surface area (Å²) in [6.07, 6.45) is 2.92. The van der Waals surface area contributed by atoms with Crippen molar-refractivity contribution in [3.8, 4) is 0 Å². The number of hydrogen-bond acceptors (Lipinski definition) is 1. The van der Waals surface area contributed by atoms with Gasteiger partial charge in [-0.15, -0.1) is 0 Å². The average Bonchev–Trinajstić information content (AvgIpc) is 2.63. The van der Waals surface area contributed by atoms with E-state index in [4.69, 9.17) is 0 Å². The number of ketones is 1. The average molecular weight is 252 g/mol. The molecule has 0 radical (unpaired) electrons. The normalized spacial score (nSPS) is 22.1. The van der Waals surface area contributed by atoms with Gasteiger partial charge in [-0.25, -0.2) is 8.78 Å². The van der Waals surface area contributed by atoms with Gasteiger partial charge in [-0.1, -0.05) is 20.3 Å². The molecule has 0 aliphatic heterocycles. The van der Waals surface area contributed by atoms with Crippen molar-refractivity contribution in [2.75, 3.05) is 0 Å². The summed E-state index contributed by atoms with van der Waals surface area (Å²) in [4.78, 5) is 12.2. The van der Waals surface area contributed by atoms with Gasteiger partial charge in [0, 0.05) is 12.3 Å². The van der Waals surface area contributed by atoms with Gasteiger partial charge < -0.3 is 0 Å². The fourth-order valence-corrected chi connectivity index (χ4v) is 2.91. The van der Waals surface area contributed by atoms with Gasteiger partial charge in [0.15, 0.2) is 0 Å². The molecular formula is C15H18F2O. The minimum absolute atomic E-state index is 0.00229. The Kier molecular flexibility index (Phi) is 3.51. The van der Waals surface area contributed by atoms with Crippen LogP contribution in [0.2, 0.25) is 0 Å². The van der Waals surface area contributed by atoms with E-state index in [0.717, 1.165) is 37.5 Å². The second kappa shape index (κ2) is 4.79. The first kappa shape index (κ1) is 13.2. The monoisotopic (exact) mass is 252 g/mol. The zero-order chi connectivity index (χ0) is 13.3. The maximum Gasteiger partial charge on any atom is 0.140 e. The van der Waals surface area contributed by atoms with Crippen LogP contribution in [0.25, 0.3) is 0 Å². The van der Waals surface area contributed by atoms with Crippen molar-refractivity contribution in [3.05, 3.63) is 35.4 Å². The highest BCUT2D eigenvalue weighted by Gasteiger charge is 2.38. The zero-order valence-electron chi connectivity index (χ0n) is 10.8. The summed E-state index contributed by atoms with van der Waals surface area (Å²) in [6.45, 7) is 4.15. The van der Waals surface area contributed by atoms with Gasteiger partial charge >= 0.3 is 0 Å². The lowest BCUT2D eigenvalue weighted by Gasteiger charge is -2.25. The second-order valence-corrected chi connectivity index (χ2v) is 5.81. The molecule has 0 bridgehead atoms. The number of carbonyl (C=O) groups excluding carboxylic acids is 1. The van der Waals surface area contributed by atoms with Gasteiger partial charge in [0.05, 0.1) is 0 Å². The maximum absolute atomic E-state index is 13.5. The highest BCUT2D eigenvalue weighted by Crippen LogP contribution is 2.43. The summed E-state index contributed by atoms with van der Waals surface area (Å²) in [5.74, 6) is -0.993. The topological polar surface area (TPSA) is 17.1 Å². The van der Waals surface area contributed by atoms with Crippen LogP contribution in [0.4, 0.5) is 8.78 Å². The van der Waals surface area contributed by atoms with Crippen molar-refractivity contribution in [2.45, 2.75) is 39.5 Å². The van der Waals surface area contributed by atoms with E-state index in [9.17, 15) is 13.6 Å². The number of carbonyl (C=O) groups is 1. The second-order valence-electron chi connectivity index (χ2n) is 5.81. The van der Waals surface area contributed by atoms with E-state index in [0.29, 0.717) is 0 Å². The lowest BCUT2D eigenvalue weighted by Crippen LogP contribution is -2.27. The lowest BCUT2D eigenvalue weighted by molar-refractivity contribution is -0.124. The van der Waals surface area contributed by atoms with Crippen molar-refractivity contribution >= 4 is 5.78 Å². The minimum atomic E-state index is -0.499. The molecule has 1 nitrogen and oxygen atoms in total. The number of hydrogen-bond donors (Lipinski definition) is 0. The molecule has 1 atom stereocenters. The van der Waals surface area contributed by atoms with Crippen LogP contribution in [0, 0.1) is 23.0 Å². The Morgan fingerprint density at radius 2 is 2.11 bits per heavy atom. The predicted molar refractivity (Wildman–Crippen MR) is 66.2 cm³/mol. The molecule has 1 fully saturated rings. The first-order chi connectivity index (χ1) is 8.40. The van der Waals surface area contributed by atoms with E-state index in [2.05, 4.69) is 13.8 Å². The minimum Gasteiger partial charge on any atom is -0.299 e. The Morgan fingerprint density at radius 1 is 1.39 bits per heavy atom. The number of benzene rings is 1. The van der Waals surface area contributed by atoms with Gasteiger partial charge in [-0.2, -0.15) is 0 Å². The molecule has 3 heteroatoms. The van der Waals surface area contributed by atoms with E-state index in [1.165, 1.54) is 0 Å². The molecule has 1 aromatic carbocycles. The van der Waals surface area contributed by atoms with Crippen molar-refractivity contribution in [2.24, 2.45) is 11.3 Å². The van der Waals surface area contributed by atoms with E-state index in [1.54, 1.807) is 0 Å². The van der Waals surface area contributed by atoms with Crippen LogP contribution in [0.1, 0.15) is 38.7 Å². The molecule has 18 heavy (non-hydrogen) atoms. The Hall–Kier alpha value is -1.25. The van der Waals surface area contributed by atoms with Crippen LogP contribution < -0.4 is 0 Å². The molecule has 2 rings (SSSR count). The van der Waals surface area contributed by atoms with Crippen molar-refractivity contribution in [1.82, 2.24) is 0 Å². The largest absolute Gasteiger partial charge is 0.299 e. The van der Waals surface area contributed by atoms with Crippen LogP contribution >= 0.6 is 0 Å².